The molecule has 2 aliphatic rings. The predicted molar refractivity (Wildman–Crippen MR) is 92.6 cm³/mol. The van der Waals surface area contributed by atoms with Crippen molar-refractivity contribution in [1.29, 1.82) is 0 Å². The molecule has 1 saturated heterocycles. The smallest absolute Gasteiger partial charge is 0.0129 e. The van der Waals surface area contributed by atoms with Crippen LogP contribution in [0.2, 0.25) is 0 Å². The fourth-order valence-corrected chi connectivity index (χ4v) is 4.81. The Balaban J connectivity index is 2.00. The first kappa shape index (κ1) is 17.3. The molecule has 0 aromatic carbocycles. The van der Waals surface area contributed by atoms with Crippen molar-refractivity contribution in [3.8, 4) is 0 Å². The maximum atomic E-state index is 3.78. The van der Waals surface area contributed by atoms with Crippen LogP contribution in [0.25, 0.3) is 0 Å². The van der Waals surface area contributed by atoms with Crippen molar-refractivity contribution < 1.29 is 0 Å². The molecule has 124 valence electrons. The first-order valence-corrected chi connectivity index (χ1v) is 9.55. The van der Waals surface area contributed by atoms with E-state index in [0.717, 1.165) is 35.9 Å². The molecule has 0 spiro atoms. The van der Waals surface area contributed by atoms with Gasteiger partial charge in [0.1, 0.15) is 0 Å². The van der Waals surface area contributed by atoms with Crippen LogP contribution in [0.15, 0.2) is 0 Å². The summed E-state index contributed by atoms with van der Waals surface area (Å²) in [6.07, 6.45) is 8.39. The molecule has 2 rings (SSSR count). The van der Waals surface area contributed by atoms with Gasteiger partial charge in [0.25, 0.3) is 0 Å². The molecule has 0 bridgehead atoms. The van der Waals surface area contributed by atoms with Crippen molar-refractivity contribution in [2.45, 2.75) is 91.3 Å². The lowest BCUT2D eigenvalue weighted by molar-refractivity contribution is -0.00406. The van der Waals surface area contributed by atoms with E-state index in [4.69, 9.17) is 0 Å². The van der Waals surface area contributed by atoms with Gasteiger partial charge in [0.2, 0.25) is 0 Å². The molecule has 5 unspecified atom stereocenters. The van der Waals surface area contributed by atoms with Crippen molar-refractivity contribution in [2.75, 3.05) is 13.1 Å². The molecular formula is C19H38N2. The van der Waals surface area contributed by atoms with Crippen LogP contribution in [0.5, 0.6) is 0 Å². The number of likely N-dealkylation sites (tertiary alicyclic amines) is 1. The highest BCUT2D eigenvalue weighted by atomic mass is 15.2. The number of piperidine rings is 1. The fraction of sp³-hybridized carbons (Fsp3) is 1.00. The lowest BCUT2D eigenvalue weighted by atomic mass is 9.74. The maximum Gasteiger partial charge on any atom is 0.0129 e. The van der Waals surface area contributed by atoms with Crippen LogP contribution in [0.4, 0.5) is 0 Å². The van der Waals surface area contributed by atoms with E-state index in [9.17, 15) is 0 Å². The van der Waals surface area contributed by atoms with E-state index in [1.807, 2.05) is 0 Å². The van der Waals surface area contributed by atoms with Crippen LogP contribution < -0.4 is 5.32 Å². The Labute approximate surface area is 133 Å². The maximum absolute atomic E-state index is 3.78. The minimum absolute atomic E-state index is 0.734. The summed E-state index contributed by atoms with van der Waals surface area (Å²) in [7, 11) is 0. The highest BCUT2D eigenvalue weighted by Crippen LogP contribution is 2.37. The van der Waals surface area contributed by atoms with Gasteiger partial charge in [-0.15, -0.1) is 0 Å². The molecule has 5 atom stereocenters. The second-order valence-electron chi connectivity index (χ2n) is 7.95. The monoisotopic (exact) mass is 294 g/mol. The zero-order chi connectivity index (χ0) is 15.4. The average molecular weight is 295 g/mol. The number of rotatable bonds is 5. The van der Waals surface area contributed by atoms with Crippen LogP contribution >= 0.6 is 0 Å². The molecule has 0 aromatic heterocycles. The zero-order valence-corrected chi connectivity index (χ0v) is 15.1. The summed E-state index contributed by atoms with van der Waals surface area (Å²) in [5.41, 5.74) is 0. The minimum atomic E-state index is 0.734. The van der Waals surface area contributed by atoms with Crippen molar-refractivity contribution >= 4 is 0 Å². The summed E-state index contributed by atoms with van der Waals surface area (Å²) < 4.78 is 0. The number of hydrogen-bond acceptors (Lipinski definition) is 2. The number of hydrogen-bond donors (Lipinski definition) is 1. The Morgan fingerprint density at radius 3 is 2.48 bits per heavy atom. The fourth-order valence-electron chi connectivity index (χ4n) is 4.81. The largest absolute Gasteiger partial charge is 0.314 e. The number of nitrogens with zero attached hydrogens (tertiary/aromatic N) is 1. The quantitative estimate of drug-likeness (QED) is 0.813. The van der Waals surface area contributed by atoms with Gasteiger partial charge in [0.15, 0.2) is 0 Å². The Hall–Kier alpha value is -0.0800. The third kappa shape index (κ3) is 4.01. The first-order chi connectivity index (χ1) is 10.1. The van der Waals surface area contributed by atoms with Gasteiger partial charge in [-0.1, -0.05) is 40.5 Å². The lowest BCUT2D eigenvalue weighted by Gasteiger charge is -2.50. The third-order valence-electron chi connectivity index (χ3n) is 6.34. The molecule has 0 amide bonds. The summed E-state index contributed by atoms with van der Waals surface area (Å²) in [5.74, 6) is 2.54. The van der Waals surface area contributed by atoms with Gasteiger partial charge in [0, 0.05) is 24.7 Å². The Morgan fingerprint density at radius 2 is 1.81 bits per heavy atom. The van der Waals surface area contributed by atoms with Gasteiger partial charge in [-0.05, 0) is 56.9 Å². The van der Waals surface area contributed by atoms with Gasteiger partial charge >= 0.3 is 0 Å². The molecule has 0 aromatic rings. The molecule has 1 aliphatic heterocycles. The van der Waals surface area contributed by atoms with Crippen LogP contribution in [0.1, 0.15) is 73.1 Å². The van der Waals surface area contributed by atoms with E-state index in [1.165, 1.54) is 51.6 Å². The molecule has 21 heavy (non-hydrogen) atoms. The summed E-state index contributed by atoms with van der Waals surface area (Å²) in [6.45, 7) is 14.6. The van der Waals surface area contributed by atoms with E-state index in [0.29, 0.717) is 0 Å². The Kier molecular flexibility index (Phi) is 6.55. The molecule has 0 radical (unpaired) electrons. The third-order valence-corrected chi connectivity index (χ3v) is 6.34. The Bertz CT molecular complexity index is 302. The van der Waals surface area contributed by atoms with Crippen molar-refractivity contribution in [3.05, 3.63) is 0 Å². The average Bonchev–Trinajstić information content (AvgIpc) is 2.49. The van der Waals surface area contributed by atoms with Crippen molar-refractivity contribution in [2.24, 2.45) is 17.8 Å². The topological polar surface area (TPSA) is 15.3 Å². The normalized spacial score (nSPS) is 38.9. The van der Waals surface area contributed by atoms with Crippen molar-refractivity contribution in [1.82, 2.24) is 10.2 Å². The second-order valence-corrected chi connectivity index (χ2v) is 7.95. The van der Waals surface area contributed by atoms with Crippen LogP contribution in [-0.2, 0) is 0 Å². The lowest BCUT2D eigenvalue weighted by Crippen LogP contribution is -2.58. The predicted octanol–water partition coefficient (Wildman–Crippen LogP) is 4.30. The van der Waals surface area contributed by atoms with Crippen LogP contribution in [0, 0.1) is 17.8 Å². The van der Waals surface area contributed by atoms with Gasteiger partial charge in [-0.25, -0.2) is 0 Å². The van der Waals surface area contributed by atoms with Crippen molar-refractivity contribution in [3.63, 3.8) is 0 Å². The van der Waals surface area contributed by atoms with E-state index >= 15 is 0 Å². The van der Waals surface area contributed by atoms with Gasteiger partial charge in [0.05, 0.1) is 0 Å². The summed E-state index contributed by atoms with van der Waals surface area (Å²) in [6, 6.07) is 2.32. The summed E-state index contributed by atoms with van der Waals surface area (Å²) in [4.78, 5) is 2.89. The molecule has 1 heterocycles. The molecule has 1 aliphatic carbocycles. The molecular weight excluding hydrogens is 256 g/mol. The zero-order valence-electron chi connectivity index (χ0n) is 15.1. The van der Waals surface area contributed by atoms with E-state index in [2.05, 4.69) is 44.8 Å². The standard InChI is InChI=1S/C19H38N2/c1-6-12-20-18-11-13-21(16(5)15(18)4)19-10-8-7-9-17(19)14(2)3/h14-20H,6-13H2,1-5H3. The van der Waals surface area contributed by atoms with E-state index in [1.54, 1.807) is 0 Å². The van der Waals surface area contributed by atoms with Crippen LogP contribution in [0.3, 0.4) is 0 Å². The molecule has 2 fully saturated rings. The SMILES string of the molecule is CCCNC1CCN(C2CCCCC2C(C)C)C(C)C1C. The molecule has 2 heteroatoms. The summed E-state index contributed by atoms with van der Waals surface area (Å²) >= 11 is 0. The highest BCUT2D eigenvalue weighted by Gasteiger charge is 2.39. The molecule has 1 saturated carbocycles. The second kappa shape index (κ2) is 7.97. The molecule has 1 N–H and O–H groups in total. The first-order valence-electron chi connectivity index (χ1n) is 9.55. The van der Waals surface area contributed by atoms with E-state index < -0.39 is 0 Å². The van der Waals surface area contributed by atoms with Gasteiger partial charge < -0.3 is 5.32 Å². The minimum Gasteiger partial charge on any atom is -0.314 e. The highest BCUT2D eigenvalue weighted by molar-refractivity contribution is 4.95. The van der Waals surface area contributed by atoms with E-state index in [-0.39, 0.29) is 0 Å². The molecule has 2 nitrogen and oxygen atoms in total. The number of nitrogens with one attached hydrogen (secondary N) is 1. The Morgan fingerprint density at radius 1 is 1.10 bits per heavy atom. The summed E-state index contributed by atoms with van der Waals surface area (Å²) in [5, 5.41) is 3.78. The van der Waals surface area contributed by atoms with Crippen LogP contribution in [-0.4, -0.2) is 36.1 Å². The van der Waals surface area contributed by atoms with Gasteiger partial charge in [-0.2, -0.15) is 0 Å². The van der Waals surface area contributed by atoms with Gasteiger partial charge in [-0.3, -0.25) is 4.90 Å².